The van der Waals surface area contributed by atoms with Crippen LogP contribution in [-0.2, 0) is 0 Å². The number of hydrogen-bond donors (Lipinski definition) is 3. The molecule has 0 unspecified atom stereocenters. The fourth-order valence-corrected chi connectivity index (χ4v) is 1.00. The van der Waals surface area contributed by atoms with Gasteiger partial charge in [-0.05, 0) is 28.1 Å². The highest BCUT2D eigenvalue weighted by Crippen LogP contribution is 2.10. The van der Waals surface area contributed by atoms with E-state index in [1.54, 1.807) is 12.3 Å². The Balaban J connectivity index is 2.41. The van der Waals surface area contributed by atoms with Crippen LogP contribution in [0.2, 0.25) is 0 Å². The molecular weight excluding hydrogens is 236 g/mol. The molecule has 0 amide bonds. The first-order valence-corrected chi connectivity index (χ1v) is 4.66. The van der Waals surface area contributed by atoms with Crippen molar-refractivity contribution in [1.29, 1.82) is 0 Å². The highest BCUT2D eigenvalue weighted by Gasteiger charge is 2.01. The van der Waals surface area contributed by atoms with Crippen molar-refractivity contribution in [1.82, 2.24) is 4.98 Å². The molecule has 13 heavy (non-hydrogen) atoms. The van der Waals surface area contributed by atoms with Crippen LogP contribution in [0.3, 0.4) is 0 Å². The molecule has 1 heterocycles. The Kier molecular flexibility index (Phi) is 4.14. The lowest BCUT2D eigenvalue weighted by molar-refractivity contribution is 0.105. The zero-order valence-corrected chi connectivity index (χ0v) is 8.53. The minimum absolute atomic E-state index is 0.246. The molecule has 0 radical (unpaired) electrons. The lowest BCUT2D eigenvalue weighted by Crippen LogP contribution is -2.23. The molecule has 0 saturated heterocycles. The van der Waals surface area contributed by atoms with Gasteiger partial charge in [-0.1, -0.05) is 0 Å². The van der Waals surface area contributed by atoms with Crippen LogP contribution in [0.4, 0.5) is 5.82 Å². The number of nitrogens with one attached hydrogen (secondary N) is 1. The molecule has 3 N–H and O–H groups in total. The molecule has 72 valence electrons. The predicted octanol–water partition coefficient (Wildman–Crippen LogP) is 0.609. The fraction of sp³-hybridized carbons (Fsp3) is 0.375. The summed E-state index contributed by atoms with van der Waals surface area (Å²) < 4.78 is 0.903. The Hall–Kier alpha value is -0.650. The first kappa shape index (κ1) is 10.4. The molecule has 5 heteroatoms. The van der Waals surface area contributed by atoms with Crippen molar-refractivity contribution < 1.29 is 10.2 Å². The molecule has 1 aromatic heterocycles. The van der Waals surface area contributed by atoms with E-state index in [1.165, 1.54) is 0 Å². The molecule has 0 aromatic carbocycles. The molecule has 0 fully saturated rings. The van der Waals surface area contributed by atoms with Crippen LogP contribution in [-0.4, -0.2) is 34.5 Å². The van der Waals surface area contributed by atoms with Gasteiger partial charge < -0.3 is 15.5 Å². The lowest BCUT2D eigenvalue weighted by atomic mass is 10.3. The summed E-state index contributed by atoms with van der Waals surface area (Å²) in [5.41, 5.74) is 0. The maximum Gasteiger partial charge on any atom is 0.126 e. The summed E-state index contributed by atoms with van der Waals surface area (Å²) in [4.78, 5) is 4.03. The number of aliphatic hydroxyl groups excluding tert-OH is 2. The highest BCUT2D eigenvalue weighted by molar-refractivity contribution is 9.10. The van der Waals surface area contributed by atoms with E-state index < -0.39 is 6.10 Å². The lowest BCUT2D eigenvalue weighted by Gasteiger charge is -2.08. The summed E-state index contributed by atoms with van der Waals surface area (Å²) in [6.45, 7) is 0.0503. The molecular formula is C8H11BrN2O2. The van der Waals surface area contributed by atoms with Crippen LogP contribution in [0.15, 0.2) is 22.8 Å². The monoisotopic (exact) mass is 246 g/mol. The second-order valence-corrected chi connectivity index (χ2v) is 3.49. The standard InChI is InChI=1S/C8H11BrN2O2/c9-6-1-2-8(10-3-6)11-4-7(13)5-12/h1-3,7,12-13H,4-5H2,(H,10,11)/t7-/m0/s1. The van der Waals surface area contributed by atoms with Crippen LogP contribution in [0.5, 0.6) is 0 Å². The number of rotatable bonds is 4. The van der Waals surface area contributed by atoms with Crippen molar-refractivity contribution >= 4 is 21.7 Å². The van der Waals surface area contributed by atoms with E-state index in [0.29, 0.717) is 12.4 Å². The van der Waals surface area contributed by atoms with Crippen molar-refractivity contribution in [2.24, 2.45) is 0 Å². The van der Waals surface area contributed by atoms with Crippen LogP contribution in [0.1, 0.15) is 0 Å². The Labute approximate surface area is 84.8 Å². The van der Waals surface area contributed by atoms with Gasteiger partial charge in [0.05, 0.1) is 12.7 Å². The van der Waals surface area contributed by atoms with E-state index in [2.05, 4.69) is 26.2 Å². The third-order valence-corrected chi connectivity index (χ3v) is 1.93. The summed E-state index contributed by atoms with van der Waals surface area (Å²) >= 11 is 3.26. The smallest absolute Gasteiger partial charge is 0.126 e. The topological polar surface area (TPSA) is 65.4 Å². The second kappa shape index (κ2) is 5.16. The molecule has 1 aromatic rings. The van der Waals surface area contributed by atoms with Gasteiger partial charge >= 0.3 is 0 Å². The fourth-order valence-electron chi connectivity index (χ4n) is 0.767. The Morgan fingerprint density at radius 3 is 2.85 bits per heavy atom. The number of aliphatic hydroxyl groups is 2. The van der Waals surface area contributed by atoms with Gasteiger partial charge in [0.1, 0.15) is 5.82 Å². The summed E-state index contributed by atoms with van der Waals surface area (Å²) in [6.07, 6.45) is 0.915. The molecule has 0 aliphatic heterocycles. The van der Waals surface area contributed by atoms with Crippen LogP contribution in [0.25, 0.3) is 0 Å². The van der Waals surface area contributed by atoms with E-state index in [0.717, 1.165) is 4.47 Å². The van der Waals surface area contributed by atoms with Crippen molar-refractivity contribution in [3.63, 3.8) is 0 Å². The molecule has 4 nitrogen and oxygen atoms in total. The average molecular weight is 247 g/mol. The predicted molar refractivity (Wildman–Crippen MR) is 53.5 cm³/mol. The van der Waals surface area contributed by atoms with Crippen molar-refractivity contribution in [3.8, 4) is 0 Å². The third-order valence-electron chi connectivity index (χ3n) is 1.46. The molecule has 0 saturated carbocycles. The summed E-state index contributed by atoms with van der Waals surface area (Å²) in [6, 6.07) is 3.63. The minimum Gasteiger partial charge on any atom is -0.394 e. The molecule has 0 aliphatic rings. The maximum atomic E-state index is 9.02. The summed E-state index contributed by atoms with van der Waals surface area (Å²) in [7, 11) is 0. The Morgan fingerprint density at radius 1 is 1.54 bits per heavy atom. The van der Waals surface area contributed by atoms with E-state index in [1.807, 2.05) is 6.07 Å². The molecule has 0 aliphatic carbocycles. The van der Waals surface area contributed by atoms with Gasteiger partial charge in [0, 0.05) is 17.2 Å². The van der Waals surface area contributed by atoms with Gasteiger partial charge in [0.2, 0.25) is 0 Å². The van der Waals surface area contributed by atoms with E-state index >= 15 is 0 Å². The van der Waals surface area contributed by atoms with E-state index in [9.17, 15) is 0 Å². The largest absolute Gasteiger partial charge is 0.394 e. The van der Waals surface area contributed by atoms with Crippen LogP contribution < -0.4 is 5.32 Å². The number of pyridine rings is 1. The van der Waals surface area contributed by atoms with Crippen molar-refractivity contribution in [2.75, 3.05) is 18.5 Å². The SMILES string of the molecule is OC[C@@H](O)CNc1ccc(Br)cn1. The number of aromatic nitrogens is 1. The Bertz CT molecular complexity index is 253. The summed E-state index contributed by atoms with van der Waals surface area (Å²) in [5, 5.41) is 20.4. The van der Waals surface area contributed by atoms with Gasteiger partial charge in [0.15, 0.2) is 0 Å². The highest BCUT2D eigenvalue weighted by atomic mass is 79.9. The van der Waals surface area contributed by atoms with Crippen molar-refractivity contribution in [2.45, 2.75) is 6.10 Å². The van der Waals surface area contributed by atoms with Crippen molar-refractivity contribution in [3.05, 3.63) is 22.8 Å². The van der Waals surface area contributed by atoms with Crippen LogP contribution >= 0.6 is 15.9 Å². The first-order valence-electron chi connectivity index (χ1n) is 3.86. The second-order valence-electron chi connectivity index (χ2n) is 2.58. The first-order chi connectivity index (χ1) is 6.22. The van der Waals surface area contributed by atoms with Gasteiger partial charge in [-0.2, -0.15) is 0 Å². The number of anilines is 1. The van der Waals surface area contributed by atoms with Gasteiger partial charge in [-0.15, -0.1) is 0 Å². The molecule has 1 rings (SSSR count). The minimum atomic E-state index is -0.745. The third kappa shape index (κ3) is 3.71. The zero-order chi connectivity index (χ0) is 9.68. The normalized spacial score (nSPS) is 12.5. The van der Waals surface area contributed by atoms with Gasteiger partial charge in [-0.3, -0.25) is 0 Å². The molecule has 1 atom stereocenters. The van der Waals surface area contributed by atoms with E-state index in [4.69, 9.17) is 10.2 Å². The number of hydrogen-bond acceptors (Lipinski definition) is 4. The summed E-state index contributed by atoms with van der Waals surface area (Å²) in [5.74, 6) is 0.677. The van der Waals surface area contributed by atoms with Gasteiger partial charge in [-0.25, -0.2) is 4.98 Å². The zero-order valence-electron chi connectivity index (χ0n) is 6.94. The Morgan fingerprint density at radius 2 is 2.31 bits per heavy atom. The maximum absolute atomic E-state index is 9.02. The molecule has 0 bridgehead atoms. The van der Waals surface area contributed by atoms with E-state index in [-0.39, 0.29) is 6.61 Å². The van der Waals surface area contributed by atoms with Gasteiger partial charge in [0.25, 0.3) is 0 Å². The average Bonchev–Trinajstić information content (AvgIpc) is 2.16. The number of nitrogens with zero attached hydrogens (tertiary/aromatic N) is 1. The van der Waals surface area contributed by atoms with Crippen LogP contribution in [0, 0.1) is 0 Å². The molecule has 0 spiro atoms. The number of halogens is 1. The quantitative estimate of drug-likeness (QED) is 0.729.